The molecule has 5 nitrogen and oxygen atoms in total. The fourth-order valence-corrected chi connectivity index (χ4v) is 8.81. The zero-order valence-corrected chi connectivity index (χ0v) is 41.7. The van der Waals surface area contributed by atoms with Gasteiger partial charge in [-0.05, 0) is 91.8 Å². The minimum Gasteiger partial charge on any atom is -0.493 e. The fraction of sp³-hybridized carbons (Fsp3) is 0.276. The Morgan fingerprint density at radius 2 is 1.12 bits per heavy atom. The molecule has 0 saturated heterocycles. The third-order valence-electron chi connectivity index (χ3n) is 13.0. The third-order valence-corrected chi connectivity index (χ3v) is 13.0. The van der Waals surface area contributed by atoms with E-state index in [-0.39, 0.29) is 42.7 Å². The summed E-state index contributed by atoms with van der Waals surface area (Å²) in [6.45, 7) is 27.4. The molecule has 1 aliphatic rings. The molecule has 64 heavy (non-hydrogen) atoms. The van der Waals surface area contributed by atoms with Gasteiger partial charge in [-0.25, -0.2) is 4.98 Å². The first-order chi connectivity index (χ1) is 29.8. The molecule has 0 N–H and O–H groups in total. The van der Waals surface area contributed by atoms with Gasteiger partial charge in [-0.15, -0.1) is 53.6 Å². The molecule has 0 fully saturated rings. The monoisotopic (exact) mass is 1020 g/mol. The molecule has 0 atom stereocenters. The molecular weight excluding hydrogens is 962 g/mol. The van der Waals surface area contributed by atoms with E-state index in [1.54, 1.807) is 0 Å². The molecule has 1 aliphatic heterocycles. The van der Waals surface area contributed by atoms with Crippen molar-refractivity contribution in [3.8, 4) is 5.82 Å². The van der Waals surface area contributed by atoms with Gasteiger partial charge >= 0.3 is 0 Å². The van der Waals surface area contributed by atoms with Crippen LogP contribution in [-0.2, 0) is 42.7 Å². The summed E-state index contributed by atoms with van der Waals surface area (Å²) in [6.07, 6.45) is 1.93. The van der Waals surface area contributed by atoms with Gasteiger partial charge in [-0.3, -0.25) is 0 Å². The molecule has 0 aliphatic carbocycles. The van der Waals surface area contributed by atoms with E-state index in [9.17, 15) is 0 Å². The van der Waals surface area contributed by atoms with Crippen molar-refractivity contribution < 1.29 is 21.1 Å². The number of para-hydroxylation sites is 3. The number of benzene rings is 6. The minimum atomic E-state index is -0.313. The molecule has 0 amide bonds. The Kier molecular flexibility index (Phi) is 11.5. The minimum absolute atomic E-state index is 0. The molecule has 0 bridgehead atoms. The third kappa shape index (κ3) is 8.17. The average Bonchev–Trinajstić information content (AvgIpc) is 3.81. The van der Waals surface area contributed by atoms with E-state index in [0.29, 0.717) is 0 Å². The quantitative estimate of drug-likeness (QED) is 0.149. The van der Waals surface area contributed by atoms with Crippen LogP contribution in [0.4, 0.5) is 34.1 Å². The van der Waals surface area contributed by atoms with Crippen molar-refractivity contribution in [2.24, 2.45) is 0 Å². The van der Waals surface area contributed by atoms with E-state index in [1.807, 2.05) is 6.20 Å². The number of hydrogen-bond donors (Lipinski definition) is 0. The number of anilines is 6. The smallest absolute Gasteiger partial charge is 0.135 e. The molecule has 8 aromatic rings. The van der Waals surface area contributed by atoms with Crippen LogP contribution < -0.4 is 14.7 Å². The van der Waals surface area contributed by atoms with E-state index in [2.05, 4.69) is 255 Å². The average molecular weight is 1020 g/mol. The van der Waals surface area contributed by atoms with Gasteiger partial charge in [-0.1, -0.05) is 160 Å². The Balaban J connectivity index is 0.00000560. The van der Waals surface area contributed by atoms with Gasteiger partial charge in [-0.2, -0.15) is 6.07 Å². The van der Waals surface area contributed by atoms with E-state index in [4.69, 9.17) is 4.98 Å². The van der Waals surface area contributed by atoms with E-state index in [1.165, 1.54) is 33.2 Å². The summed E-state index contributed by atoms with van der Waals surface area (Å²) in [7, 11) is 2.14. The van der Waals surface area contributed by atoms with Crippen LogP contribution in [0, 0.1) is 18.8 Å². The van der Waals surface area contributed by atoms with Gasteiger partial charge in [0.2, 0.25) is 0 Å². The summed E-state index contributed by atoms with van der Waals surface area (Å²) in [4.78, 5) is 11.8. The Labute approximate surface area is 396 Å². The zero-order valence-electron chi connectivity index (χ0n) is 39.4. The Morgan fingerprint density at radius 3 is 1.78 bits per heavy atom. The van der Waals surface area contributed by atoms with Crippen molar-refractivity contribution in [3.05, 3.63) is 186 Å². The second kappa shape index (κ2) is 16.4. The van der Waals surface area contributed by atoms with Gasteiger partial charge < -0.3 is 19.3 Å². The number of rotatable bonds is 7. The van der Waals surface area contributed by atoms with E-state index < -0.39 is 0 Å². The number of nitrogens with zero attached hydrogens (tertiary/aromatic N) is 5. The van der Waals surface area contributed by atoms with Crippen LogP contribution in [0.3, 0.4) is 0 Å². The fourth-order valence-electron chi connectivity index (χ4n) is 8.81. The SMILES string of the molecule is CN(c1[c-]c2c(cc1)c1ccccc1n2-c1cc(C(C)(C)C)ccn1)c1[c-]c(N2[CH-]N(c3cc(C(C)(C)C)cc(C(C)(C)C)c3)c3ccccc32)cc(C(C)(C)c2ccccc2)c1.[Pt]. The van der Waals surface area contributed by atoms with Crippen LogP contribution >= 0.6 is 0 Å². The summed E-state index contributed by atoms with van der Waals surface area (Å²) in [5.41, 5.74) is 14.3. The first kappa shape index (κ1) is 44.9. The molecule has 9 rings (SSSR count). The topological polar surface area (TPSA) is 27.5 Å². The second-order valence-corrected chi connectivity index (χ2v) is 20.9. The predicted octanol–water partition coefficient (Wildman–Crippen LogP) is 15.2. The van der Waals surface area contributed by atoms with Crippen molar-refractivity contribution in [1.82, 2.24) is 9.55 Å². The maximum atomic E-state index is 4.94. The molecule has 6 heteroatoms. The standard InChI is InChI=1S/C58H60N5.Pt/c1-55(2,3)40-28-29-59-54(35-40)63-50-23-17-16-22-48(50)49-27-26-44(37-53(49)63)60(12)45-33-43(58(10,11)39-20-14-13-15-21-39)34-47(36-45)62-38-61(51-24-18-19-25-52(51)62)46-31-41(56(4,5)6)30-42(32-46)57(7,8)9;/h13-35,38H,1-12H3;/q-3;. The summed E-state index contributed by atoms with van der Waals surface area (Å²) in [5, 5.41) is 2.32. The Bertz CT molecular complexity index is 2960. The summed E-state index contributed by atoms with van der Waals surface area (Å²) in [5.74, 6) is 0.889. The summed E-state index contributed by atoms with van der Waals surface area (Å²) >= 11 is 0. The molecule has 0 radical (unpaired) electrons. The first-order valence-electron chi connectivity index (χ1n) is 22.3. The van der Waals surface area contributed by atoms with Crippen LogP contribution in [0.25, 0.3) is 27.6 Å². The van der Waals surface area contributed by atoms with Crippen molar-refractivity contribution in [2.45, 2.75) is 97.8 Å². The maximum Gasteiger partial charge on any atom is 0.135 e. The van der Waals surface area contributed by atoms with Gasteiger partial charge in [0.05, 0.1) is 0 Å². The molecule has 0 saturated carbocycles. The zero-order chi connectivity index (χ0) is 44.6. The molecule has 0 spiro atoms. The van der Waals surface area contributed by atoms with Crippen molar-refractivity contribution in [3.63, 3.8) is 0 Å². The molecule has 3 heterocycles. The largest absolute Gasteiger partial charge is 0.493 e. The van der Waals surface area contributed by atoms with Crippen molar-refractivity contribution >= 4 is 55.9 Å². The first-order valence-corrected chi connectivity index (χ1v) is 22.3. The maximum absolute atomic E-state index is 4.94. The molecular formula is C58H60N5Pt-3. The van der Waals surface area contributed by atoms with E-state index >= 15 is 0 Å². The predicted molar refractivity (Wildman–Crippen MR) is 267 cm³/mol. The molecule has 0 unspecified atom stereocenters. The normalized spacial score (nSPS) is 13.4. The summed E-state index contributed by atoms with van der Waals surface area (Å²) < 4.78 is 2.27. The van der Waals surface area contributed by atoms with Gasteiger partial charge in [0, 0.05) is 56.9 Å². The molecule has 2 aromatic heterocycles. The Hall–Kier alpha value is -5.64. The van der Waals surface area contributed by atoms with Gasteiger partial charge in [0.1, 0.15) is 5.82 Å². The van der Waals surface area contributed by atoms with Crippen molar-refractivity contribution in [2.75, 3.05) is 21.7 Å². The van der Waals surface area contributed by atoms with Gasteiger partial charge in [0.25, 0.3) is 0 Å². The number of pyridine rings is 1. The Morgan fingerprint density at radius 1 is 0.516 bits per heavy atom. The van der Waals surface area contributed by atoms with Crippen LogP contribution in [0.5, 0.6) is 0 Å². The van der Waals surface area contributed by atoms with E-state index in [0.717, 1.165) is 56.4 Å². The number of hydrogen-bond acceptors (Lipinski definition) is 4. The van der Waals surface area contributed by atoms with Gasteiger partial charge in [0.15, 0.2) is 0 Å². The molecule has 330 valence electrons. The van der Waals surface area contributed by atoms with Crippen molar-refractivity contribution in [1.29, 1.82) is 0 Å². The van der Waals surface area contributed by atoms with Crippen LogP contribution in [-0.4, -0.2) is 16.6 Å². The summed E-state index contributed by atoms with van der Waals surface area (Å²) in [6, 6.07) is 56.5. The van der Waals surface area contributed by atoms with Crippen LogP contribution in [0.15, 0.2) is 140 Å². The second-order valence-electron chi connectivity index (χ2n) is 20.9. The van der Waals surface area contributed by atoms with Crippen LogP contribution in [0.1, 0.15) is 104 Å². The number of fused-ring (bicyclic) bond motifs is 4. The number of aromatic nitrogens is 2. The van der Waals surface area contributed by atoms with Crippen LogP contribution in [0.2, 0.25) is 0 Å². The molecule has 6 aromatic carbocycles.